The summed E-state index contributed by atoms with van der Waals surface area (Å²) in [5.74, 6) is -0.306. The largest absolute Gasteiger partial charge is 0.387 e. The second-order valence-corrected chi connectivity index (χ2v) is 5.22. The van der Waals surface area contributed by atoms with Gasteiger partial charge in [0.25, 0.3) is 5.91 Å². The summed E-state index contributed by atoms with van der Waals surface area (Å²) in [4.78, 5) is 12.2. The summed E-state index contributed by atoms with van der Waals surface area (Å²) >= 11 is 6.02. The highest BCUT2D eigenvalue weighted by molar-refractivity contribution is 6.31. The number of hydrogen-bond donors (Lipinski definition) is 2. The van der Waals surface area contributed by atoms with E-state index in [1.165, 1.54) is 7.11 Å². The van der Waals surface area contributed by atoms with Crippen molar-refractivity contribution in [3.05, 3.63) is 70.7 Å². The molecule has 0 radical (unpaired) electrons. The van der Waals surface area contributed by atoms with Crippen molar-refractivity contribution >= 4 is 17.5 Å². The van der Waals surface area contributed by atoms with Gasteiger partial charge >= 0.3 is 0 Å². The number of methoxy groups -OCH3 is 1. The number of aliphatic hydroxyl groups is 1. The van der Waals surface area contributed by atoms with Crippen molar-refractivity contribution in [1.29, 1.82) is 0 Å². The van der Waals surface area contributed by atoms with Gasteiger partial charge in [-0.1, -0.05) is 60.1 Å². The van der Waals surface area contributed by atoms with Gasteiger partial charge in [-0.25, -0.2) is 0 Å². The van der Waals surface area contributed by atoms with Crippen LogP contribution in [0.1, 0.15) is 23.3 Å². The minimum Gasteiger partial charge on any atom is -0.387 e. The molecule has 4 nitrogen and oxygen atoms in total. The summed E-state index contributed by atoms with van der Waals surface area (Å²) in [6.45, 7) is 0.0647. The second-order valence-electron chi connectivity index (χ2n) is 4.81. The summed E-state index contributed by atoms with van der Waals surface area (Å²) in [7, 11) is 1.47. The van der Waals surface area contributed by atoms with Gasteiger partial charge in [0.1, 0.15) is 0 Å². The molecule has 2 N–H and O–H groups in total. The molecular formula is C17H18ClNO3. The van der Waals surface area contributed by atoms with Gasteiger partial charge in [0.15, 0.2) is 6.10 Å². The molecule has 0 saturated heterocycles. The lowest BCUT2D eigenvalue weighted by molar-refractivity contribution is -0.131. The topological polar surface area (TPSA) is 58.6 Å². The van der Waals surface area contributed by atoms with Gasteiger partial charge in [-0.05, 0) is 11.6 Å². The van der Waals surface area contributed by atoms with E-state index in [0.29, 0.717) is 10.6 Å². The van der Waals surface area contributed by atoms with Crippen molar-refractivity contribution in [2.45, 2.75) is 12.2 Å². The highest BCUT2D eigenvalue weighted by atomic mass is 35.5. The van der Waals surface area contributed by atoms with Crippen molar-refractivity contribution < 1.29 is 14.6 Å². The fraction of sp³-hybridized carbons (Fsp3) is 0.235. The van der Waals surface area contributed by atoms with Gasteiger partial charge in [-0.3, -0.25) is 4.79 Å². The molecule has 22 heavy (non-hydrogen) atoms. The Morgan fingerprint density at radius 2 is 1.82 bits per heavy atom. The van der Waals surface area contributed by atoms with Crippen LogP contribution in [0.2, 0.25) is 5.02 Å². The Hall–Kier alpha value is -1.88. The van der Waals surface area contributed by atoms with E-state index < -0.39 is 12.2 Å². The summed E-state index contributed by atoms with van der Waals surface area (Å²) in [5.41, 5.74) is 1.34. The first kappa shape index (κ1) is 16.5. The van der Waals surface area contributed by atoms with Crippen LogP contribution >= 0.6 is 11.6 Å². The second kappa shape index (κ2) is 7.94. The number of carbonyl (C=O) groups is 1. The number of ether oxygens (including phenoxy) is 1. The quantitative estimate of drug-likeness (QED) is 0.860. The van der Waals surface area contributed by atoms with E-state index in [1.807, 2.05) is 30.3 Å². The number of benzene rings is 2. The van der Waals surface area contributed by atoms with Gasteiger partial charge in [-0.15, -0.1) is 0 Å². The molecule has 0 aliphatic rings. The predicted molar refractivity (Wildman–Crippen MR) is 85.6 cm³/mol. The Kier molecular flexibility index (Phi) is 5.95. The molecular weight excluding hydrogens is 302 g/mol. The molecule has 2 rings (SSSR count). The Labute approximate surface area is 134 Å². The highest BCUT2D eigenvalue weighted by Gasteiger charge is 2.21. The fourth-order valence-electron chi connectivity index (χ4n) is 2.17. The number of aliphatic hydroxyl groups excluding tert-OH is 1. The maximum Gasteiger partial charge on any atom is 0.253 e. The molecule has 0 bridgehead atoms. The third-order valence-electron chi connectivity index (χ3n) is 3.31. The number of rotatable bonds is 6. The maximum atomic E-state index is 12.2. The predicted octanol–water partition coefficient (Wildman–Crippen LogP) is 2.88. The van der Waals surface area contributed by atoms with Crippen molar-refractivity contribution in [3.63, 3.8) is 0 Å². The number of hydrogen-bond acceptors (Lipinski definition) is 3. The minimum absolute atomic E-state index is 0.0647. The minimum atomic E-state index is -0.870. The van der Waals surface area contributed by atoms with Gasteiger partial charge < -0.3 is 15.2 Å². The number of carbonyl (C=O) groups excluding carboxylic acids is 1. The van der Waals surface area contributed by atoms with Crippen molar-refractivity contribution in [3.8, 4) is 0 Å². The zero-order chi connectivity index (χ0) is 15.9. The van der Waals surface area contributed by atoms with Crippen LogP contribution in [-0.4, -0.2) is 24.7 Å². The van der Waals surface area contributed by atoms with Crippen LogP contribution in [0.4, 0.5) is 0 Å². The molecule has 0 aliphatic carbocycles. The third-order valence-corrected chi connectivity index (χ3v) is 3.65. The van der Waals surface area contributed by atoms with E-state index in [1.54, 1.807) is 24.3 Å². The van der Waals surface area contributed by atoms with Gasteiger partial charge in [0, 0.05) is 24.2 Å². The van der Waals surface area contributed by atoms with Crippen LogP contribution in [0.3, 0.4) is 0 Å². The molecule has 0 heterocycles. The lowest BCUT2D eigenvalue weighted by atomic mass is 10.1. The molecule has 116 valence electrons. The van der Waals surface area contributed by atoms with Gasteiger partial charge in [0.05, 0.1) is 6.10 Å². The Morgan fingerprint density at radius 1 is 1.18 bits per heavy atom. The van der Waals surface area contributed by atoms with E-state index >= 15 is 0 Å². The zero-order valence-corrected chi connectivity index (χ0v) is 13.0. The fourth-order valence-corrected chi connectivity index (χ4v) is 2.43. The molecule has 0 saturated carbocycles. The Bertz CT molecular complexity index is 618. The molecule has 0 fully saturated rings. The van der Waals surface area contributed by atoms with Gasteiger partial charge in [0.2, 0.25) is 0 Å². The molecule has 0 unspecified atom stereocenters. The summed E-state index contributed by atoms with van der Waals surface area (Å²) in [6, 6.07) is 16.2. The van der Waals surface area contributed by atoms with Crippen molar-refractivity contribution in [2.24, 2.45) is 0 Å². The molecule has 1 amide bonds. The smallest absolute Gasteiger partial charge is 0.253 e. The number of amides is 1. The SMILES string of the molecule is CO[C@H](C(=O)NC[C@@H](O)c1ccccc1Cl)c1ccccc1. The Balaban J connectivity index is 1.98. The average Bonchev–Trinajstić information content (AvgIpc) is 2.55. The number of nitrogens with one attached hydrogen (secondary N) is 1. The van der Waals surface area contributed by atoms with Crippen LogP contribution in [0.5, 0.6) is 0 Å². The first-order valence-corrected chi connectivity index (χ1v) is 7.29. The van der Waals surface area contributed by atoms with E-state index in [4.69, 9.17) is 16.3 Å². The summed E-state index contributed by atoms with van der Waals surface area (Å²) in [5, 5.41) is 13.3. The van der Waals surface area contributed by atoms with E-state index in [9.17, 15) is 9.90 Å². The average molecular weight is 320 g/mol. The molecule has 2 aromatic carbocycles. The first-order chi connectivity index (χ1) is 10.6. The van der Waals surface area contributed by atoms with E-state index in [0.717, 1.165) is 5.56 Å². The molecule has 2 atom stereocenters. The molecule has 2 aromatic rings. The lowest BCUT2D eigenvalue weighted by Gasteiger charge is -2.18. The normalized spacial score (nSPS) is 13.4. The standard InChI is InChI=1S/C17H18ClNO3/c1-22-16(12-7-3-2-4-8-12)17(21)19-11-15(20)13-9-5-6-10-14(13)18/h2-10,15-16,20H,11H2,1H3,(H,19,21)/t15-,16+/m1/s1. The van der Waals surface area contributed by atoms with Crippen LogP contribution in [-0.2, 0) is 9.53 Å². The monoisotopic (exact) mass is 319 g/mol. The van der Waals surface area contributed by atoms with Crippen LogP contribution in [0.25, 0.3) is 0 Å². The van der Waals surface area contributed by atoms with Crippen molar-refractivity contribution in [1.82, 2.24) is 5.32 Å². The third kappa shape index (κ3) is 4.07. The lowest BCUT2D eigenvalue weighted by Crippen LogP contribution is -2.33. The van der Waals surface area contributed by atoms with Crippen molar-refractivity contribution in [2.75, 3.05) is 13.7 Å². The van der Waals surface area contributed by atoms with Gasteiger partial charge in [-0.2, -0.15) is 0 Å². The van der Waals surface area contributed by atoms with Crippen LogP contribution in [0, 0.1) is 0 Å². The van der Waals surface area contributed by atoms with Crippen LogP contribution < -0.4 is 5.32 Å². The first-order valence-electron chi connectivity index (χ1n) is 6.91. The summed E-state index contributed by atoms with van der Waals surface area (Å²) in [6.07, 6.45) is -1.58. The van der Waals surface area contributed by atoms with Crippen LogP contribution in [0.15, 0.2) is 54.6 Å². The maximum absolute atomic E-state index is 12.2. The molecule has 0 spiro atoms. The molecule has 0 aromatic heterocycles. The molecule has 0 aliphatic heterocycles. The van der Waals surface area contributed by atoms with E-state index in [-0.39, 0.29) is 12.5 Å². The highest BCUT2D eigenvalue weighted by Crippen LogP contribution is 2.22. The van der Waals surface area contributed by atoms with E-state index in [2.05, 4.69) is 5.32 Å². The summed E-state index contributed by atoms with van der Waals surface area (Å²) < 4.78 is 5.24. The Morgan fingerprint density at radius 3 is 2.45 bits per heavy atom. The number of halogens is 1. The molecule has 5 heteroatoms. The zero-order valence-electron chi connectivity index (χ0n) is 12.2.